The predicted octanol–water partition coefficient (Wildman–Crippen LogP) is 14.5. The average Bonchev–Trinajstić information content (AvgIpc) is 3.58. The van der Waals surface area contributed by atoms with Gasteiger partial charge in [0.25, 0.3) is 0 Å². The molecule has 9 aromatic rings. The Balaban J connectivity index is 1.31. The summed E-state index contributed by atoms with van der Waals surface area (Å²) in [6.45, 7) is 4.81. The van der Waals surface area contributed by atoms with Gasteiger partial charge in [-0.3, -0.25) is 0 Å². The number of thiophene rings is 1. The summed E-state index contributed by atoms with van der Waals surface area (Å²) in [4.78, 5) is 4.96. The molecule has 52 heavy (non-hydrogen) atoms. The summed E-state index contributed by atoms with van der Waals surface area (Å²) in [6.07, 6.45) is 0. The smallest absolute Gasteiger partial charge is 0.0781 e. The van der Waals surface area contributed by atoms with Gasteiger partial charge in [0.1, 0.15) is 0 Å². The van der Waals surface area contributed by atoms with E-state index in [2.05, 4.69) is 206 Å². The Kier molecular flexibility index (Phi) is 7.06. The Morgan fingerprint density at radius 2 is 1.08 bits per heavy atom. The van der Waals surface area contributed by atoms with Gasteiger partial charge >= 0.3 is 0 Å². The Hall–Kier alpha value is -6.16. The second kappa shape index (κ2) is 12.0. The summed E-state index contributed by atoms with van der Waals surface area (Å²) in [5.74, 6) is 0. The SMILES string of the molecule is CC1(C)c2ccccc2N(c2c(N(c3ccccc3)c3ccccc3)ccc3ccccc23)c2cccc(-c3cccc4c3sc3ccccc34)c21. The van der Waals surface area contributed by atoms with Crippen LogP contribution in [0.25, 0.3) is 42.1 Å². The number of nitrogens with zero attached hydrogens (tertiary/aromatic N) is 2. The number of benzene rings is 8. The molecular weight excluding hydrogens is 649 g/mol. The van der Waals surface area contributed by atoms with Gasteiger partial charge in [0.2, 0.25) is 0 Å². The van der Waals surface area contributed by atoms with Gasteiger partial charge < -0.3 is 9.80 Å². The Morgan fingerprint density at radius 3 is 1.87 bits per heavy atom. The van der Waals surface area contributed by atoms with Crippen LogP contribution in [-0.2, 0) is 5.41 Å². The van der Waals surface area contributed by atoms with Crippen LogP contribution in [0.1, 0.15) is 25.0 Å². The third-order valence-corrected chi connectivity index (χ3v) is 12.0. The quantitative estimate of drug-likeness (QED) is 0.178. The highest BCUT2D eigenvalue weighted by atomic mass is 32.1. The summed E-state index contributed by atoms with van der Waals surface area (Å²) in [7, 11) is 0. The van der Waals surface area contributed by atoms with E-state index in [1.165, 1.54) is 64.6 Å². The zero-order valence-electron chi connectivity index (χ0n) is 29.1. The molecule has 3 heteroatoms. The molecule has 0 bridgehead atoms. The van der Waals surface area contributed by atoms with Gasteiger partial charge in [0.05, 0.1) is 22.7 Å². The summed E-state index contributed by atoms with van der Waals surface area (Å²) < 4.78 is 2.66. The molecule has 0 radical (unpaired) electrons. The molecule has 0 saturated heterocycles. The van der Waals surface area contributed by atoms with Gasteiger partial charge in [0, 0.05) is 42.3 Å². The van der Waals surface area contributed by atoms with Crippen LogP contribution in [0, 0.1) is 0 Å². The molecule has 10 rings (SSSR count). The first-order valence-electron chi connectivity index (χ1n) is 18.0. The molecule has 0 fully saturated rings. The molecule has 0 spiro atoms. The molecule has 8 aromatic carbocycles. The van der Waals surface area contributed by atoms with E-state index in [-0.39, 0.29) is 5.41 Å². The Labute approximate surface area is 308 Å². The van der Waals surface area contributed by atoms with E-state index in [9.17, 15) is 0 Å². The van der Waals surface area contributed by atoms with Crippen molar-refractivity contribution in [2.24, 2.45) is 0 Å². The highest BCUT2D eigenvalue weighted by Crippen LogP contribution is 2.58. The number of para-hydroxylation sites is 3. The fourth-order valence-corrected chi connectivity index (χ4v) is 9.74. The first-order valence-corrected chi connectivity index (χ1v) is 18.8. The fourth-order valence-electron chi connectivity index (χ4n) is 8.51. The molecular formula is C49H36N2S. The first kappa shape index (κ1) is 30.6. The molecule has 2 heterocycles. The van der Waals surface area contributed by atoms with Crippen LogP contribution in [0.2, 0.25) is 0 Å². The molecule has 0 amide bonds. The minimum absolute atomic E-state index is 0.277. The summed E-state index contributed by atoms with van der Waals surface area (Å²) in [5, 5.41) is 5.05. The summed E-state index contributed by atoms with van der Waals surface area (Å²) in [5.41, 5.74) is 11.9. The van der Waals surface area contributed by atoms with Crippen molar-refractivity contribution in [3.63, 3.8) is 0 Å². The number of hydrogen-bond donors (Lipinski definition) is 0. The van der Waals surface area contributed by atoms with Crippen molar-refractivity contribution < 1.29 is 0 Å². The maximum atomic E-state index is 2.56. The topological polar surface area (TPSA) is 6.48 Å². The lowest BCUT2D eigenvalue weighted by molar-refractivity contribution is 0.634. The molecule has 248 valence electrons. The molecule has 0 saturated carbocycles. The first-order chi connectivity index (χ1) is 25.6. The lowest BCUT2D eigenvalue weighted by Gasteiger charge is -2.44. The summed E-state index contributed by atoms with van der Waals surface area (Å²) in [6, 6.07) is 66.5. The minimum atomic E-state index is -0.277. The van der Waals surface area contributed by atoms with E-state index < -0.39 is 0 Å². The van der Waals surface area contributed by atoms with Crippen molar-refractivity contribution in [2.75, 3.05) is 9.80 Å². The third kappa shape index (κ3) is 4.63. The number of rotatable bonds is 5. The molecule has 2 nitrogen and oxygen atoms in total. The van der Waals surface area contributed by atoms with Crippen molar-refractivity contribution in [3.05, 3.63) is 193 Å². The van der Waals surface area contributed by atoms with E-state index >= 15 is 0 Å². The highest BCUT2D eigenvalue weighted by molar-refractivity contribution is 7.26. The van der Waals surface area contributed by atoms with E-state index in [1.807, 2.05) is 11.3 Å². The largest absolute Gasteiger partial charge is 0.308 e. The van der Waals surface area contributed by atoms with Crippen molar-refractivity contribution in [1.29, 1.82) is 0 Å². The maximum absolute atomic E-state index is 2.56. The zero-order chi connectivity index (χ0) is 34.8. The fraction of sp³-hybridized carbons (Fsp3) is 0.0612. The van der Waals surface area contributed by atoms with Crippen LogP contribution in [0.4, 0.5) is 34.1 Å². The predicted molar refractivity (Wildman–Crippen MR) is 224 cm³/mol. The molecule has 0 aliphatic carbocycles. The van der Waals surface area contributed by atoms with Crippen molar-refractivity contribution in [3.8, 4) is 11.1 Å². The van der Waals surface area contributed by atoms with E-state index in [4.69, 9.17) is 0 Å². The molecule has 1 aliphatic heterocycles. The van der Waals surface area contributed by atoms with Crippen LogP contribution < -0.4 is 9.80 Å². The summed E-state index contributed by atoms with van der Waals surface area (Å²) >= 11 is 1.90. The van der Waals surface area contributed by atoms with Gasteiger partial charge in [-0.1, -0.05) is 147 Å². The Morgan fingerprint density at radius 1 is 0.481 bits per heavy atom. The zero-order valence-corrected chi connectivity index (χ0v) is 29.9. The number of anilines is 6. The van der Waals surface area contributed by atoms with Crippen molar-refractivity contribution >= 4 is 76.4 Å². The number of fused-ring (bicyclic) bond motifs is 6. The third-order valence-electron chi connectivity index (χ3n) is 10.8. The van der Waals surface area contributed by atoms with Crippen LogP contribution in [0.5, 0.6) is 0 Å². The monoisotopic (exact) mass is 684 g/mol. The van der Waals surface area contributed by atoms with Crippen LogP contribution in [-0.4, -0.2) is 0 Å². The van der Waals surface area contributed by atoms with Crippen LogP contribution >= 0.6 is 11.3 Å². The molecule has 1 aliphatic rings. The van der Waals surface area contributed by atoms with Gasteiger partial charge in [-0.05, 0) is 76.2 Å². The molecule has 0 N–H and O–H groups in total. The lowest BCUT2D eigenvalue weighted by Crippen LogP contribution is -2.32. The molecule has 1 aromatic heterocycles. The normalized spacial score (nSPS) is 13.3. The second-order valence-electron chi connectivity index (χ2n) is 14.1. The van der Waals surface area contributed by atoms with Crippen LogP contribution in [0.15, 0.2) is 182 Å². The van der Waals surface area contributed by atoms with Gasteiger partial charge in [0.15, 0.2) is 0 Å². The molecule has 0 atom stereocenters. The van der Waals surface area contributed by atoms with Gasteiger partial charge in [-0.25, -0.2) is 0 Å². The minimum Gasteiger partial charge on any atom is -0.308 e. The second-order valence-corrected chi connectivity index (χ2v) is 15.2. The molecule has 0 unspecified atom stereocenters. The van der Waals surface area contributed by atoms with E-state index in [0.29, 0.717) is 0 Å². The van der Waals surface area contributed by atoms with Gasteiger partial charge in [-0.2, -0.15) is 0 Å². The van der Waals surface area contributed by atoms with E-state index in [1.54, 1.807) is 0 Å². The number of hydrogen-bond acceptors (Lipinski definition) is 3. The maximum Gasteiger partial charge on any atom is 0.0781 e. The van der Waals surface area contributed by atoms with Gasteiger partial charge in [-0.15, -0.1) is 11.3 Å². The highest BCUT2D eigenvalue weighted by Gasteiger charge is 2.40. The average molecular weight is 685 g/mol. The Bertz CT molecular complexity index is 2740. The van der Waals surface area contributed by atoms with Crippen LogP contribution in [0.3, 0.4) is 0 Å². The van der Waals surface area contributed by atoms with Crippen molar-refractivity contribution in [2.45, 2.75) is 19.3 Å². The standard InChI is InChI=1S/C49H36N2S/c1-49(2)41-27-12-13-28-42(41)51(43-29-16-24-38(46(43)49)40-26-15-25-39-37-23-11-14-30-45(37)52-48(39)40)47-36-22-10-9-17-33(36)31-32-44(47)50(34-18-5-3-6-19-34)35-20-7-4-8-21-35/h3-32H,1-2H3. The van der Waals surface area contributed by atoms with E-state index in [0.717, 1.165) is 22.7 Å². The lowest BCUT2D eigenvalue weighted by atomic mass is 9.70. The van der Waals surface area contributed by atoms with Crippen molar-refractivity contribution in [1.82, 2.24) is 0 Å².